The third-order valence-corrected chi connectivity index (χ3v) is 5.59. The number of anilines is 1. The maximum atomic E-state index is 12.7. The summed E-state index contributed by atoms with van der Waals surface area (Å²) in [4.78, 5) is 16.9. The quantitative estimate of drug-likeness (QED) is 0.677. The lowest BCUT2D eigenvalue weighted by Crippen LogP contribution is -2.49. The lowest BCUT2D eigenvalue weighted by molar-refractivity contribution is 0.143. The van der Waals surface area contributed by atoms with Crippen molar-refractivity contribution >= 4 is 22.8 Å². The Balaban J connectivity index is 1.15. The van der Waals surface area contributed by atoms with Gasteiger partial charge in [0.25, 0.3) is 0 Å². The molecule has 1 saturated heterocycles. The second-order valence-corrected chi connectivity index (χ2v) is 7.96. The molecule has 1 aromatic heterocycles. The van der Waals surface area contributed by atoms with Crippen molar-refractivity contribution in [2.24, 2.45) is 5.92 Å². The second kappa shape index (κ2) is 8.21. The first kappa shape index (κ1) is 18.7. The van der Waals surface area contributed by atoms with Gasteiger partial charge in [0.15, 0.2) is 11.4 Å². The number of fused-ring (bicyclic) bond motifs is 1. The van der Waals surface area contributed by atoms with Gasteiger partial charge in [-0.3, -0.25) is 10.2 Å². The zero-order valence-electron chi connectivity index (χ0n) is 16.8. The molecule has 1 aliphatic carbocycles. The summed E-state index contributed by atoms with van der Waals surface area (Å²) >= 11 is 0. The summed E-state index contributed by atoms with van der Waals surface area (Å²) in [6.07, 6.45) is 2.49. The minimum atomic E-state index is -0.133. The lowest BCUT2D eigenvalue weighted by atomic mass is 10.1. The Morgan fingerprint density at radius 2 is 1.93 bits per heavy atom. The van der Waals surface area contributed by atoms with Gasteiger partial charge in [-0.05, 0) is 42.7 Å². The molecule has 0 bridgehead atoms. The van der Waals surface area contributed by atoms with Crippen LogP contribution in [0.3, 0.4) is 0 Å². The second-order valence-electron chi connectivity index (χ2n) is 7.96. The number of nitrogens with one attached hydrogen (secondary N) is 1. The number of urea groups is 1. The van der Waals surface area contributed by atoms with Gasteiger partial charge in [0.2, 0.25) is 0 Å². The SMILES string of the molecule is O=C(Nc1noc2ccccc12)N1CCN(Cc2cccc(C#CC3CC3)c2)CC1. The van der Waals surface area contributed by atoms with Crippen molar-refractivity contribution in [2.45, 2.75) is 19.4 Å². The van der Waals surface area contributed by atoms with E-state index >= 15 is 0 Å². The molecule has 2 aromatic carbocycles. The Morgan fingerprint density at radius 1 is 1.10 bits per heavy atom. The van der Waals surface area contributed by atoms with Crippen molar-refractivity contribution in [3.05, 3.63) is 59.7 Å². The first-order valence-electron chi connectivity index (χ1n) is 10.5. The van der Waals surface area contributed by atoms with Crippen molar-refractivity contribution in [1.82, 2.24) is 15.0 Å². The summed E-state index contributed by atoms with van der Waals surface area (Å²) in [5.74, 6) is 7.71. The molecule has 6 nitrogen and oxygen atoms in total. The molecule has 2 heterocycles. The zero-order valence-corrected chi connectivity index (χ0v) is 16.8. The van der Waals surface area contributed by atoms with E-state index in [0.29, 0.717) is 30.4 Å². The summed E-state index contributed by atoms with van der Waals surface area (Å²) < 4.78 is 5.26. The standard InChI is InChI=1S/C24H24N4O2/c29-24(25-23-21-6-1-2-7-22(21)30-26-23)28-14-12-27(13-15-28)17-20-5-3-4-19(16-20)11-10-18-8-9-18/h1-7,16,18H,8-9,12-15,17H2,(H,25,26,29). The third kappa shape index (κ3) is 4.32. The van der Waals surface area contributed by atoms with Gasteiger partial charge in [0.1, 0.15) is 0 Å². The number of benzene rings is 2. The third-order valence-electron chi connectivity index (χ3n) is 5.59. The highest BCUT2D eigenvalue weighted by Gasteiger charge is 2.22. The molecule has 2 aliphatic rings. The van der Waals surface area contributed by atoms with Crippen LogP contribution in [-0.2, 0) is 6.54 Å². The molecule has 0 radical (unpaired) electrons. The largest absolute Gasteiger partial charge is 0.354 e. The molecular formula is C24H24N4O2. The Labute approximate surface area is 175 Å². The van der Waals surface area contributed by atoms with E-state index in [1.807, 2.05) is 29.2 Å². The fourth-order valence-electron chi connectivity index (χ4n) is 3.68. The number of amides is 2. The van der Waals surface area contributed by atoms with Crippen molar-refractivity contribution in [3.8, 4) is 11.8 Å². The summed E-state index contributed by atoms with van der Waals surface area (Å²) in [7, 11) is 0. The number of aromatic nitrogens is 1. The topological polar surface area (TPSA) is 61.6 Å². The molecule has 6 heteroatoms. The molecule has 30 heavy (non-hydrogen) atoms. The summed E-state index contributed by atoms with van der Waals surface area (Å²) in [5.41, 5.74) is 3.03. The Morgan fingerprint density at radius 3 is 2.77 bits per heavy atom. The number of para-hydroxylation sites is 1. The van der Waals surface area contributed by atoms with Crippen LogP contribution in [0.1, 0.15) is 24.0 Å². The summed E-state index contributed by atoms with van der Waals surface area (Å²) in [5, 5.41) is 7.68. The minimum absolute atomic E-state index is 0.133. The number of carbonyl (C=O) groups is 1. The number of hydrogen-bond donors (Lipinski definition) is 1. The number of carbonyl (C=O) groups excluding carboxylic acids is 1. The van der Waals surface area contributed by atoms with E-state index in [4.69, 9.17) is 4.52 Å². The smallest absolute Gasteiger partial charge is 0.323 e. The van der Waals surface area contributed by atoms with Crippen LogP contribution in [0.25, 0.3) is 11.0 Å². The minimum Gasteiger partial charge on any atom is -0.354 e. The number of nitrogens with zero attached hydrogens (tertiary/aromatic N) is 3. The van der Waals surface area contributed by atoms with Gasteiger partial charge in [-0.2, -0.15) is 0 Å². The van der Waals surface area contributed by atoms with E-state index in [2.05, 4.69) is 51.5 Å². The molecular weight excluding hydrogens is 376 g/mol. The molecule has 0 unspecified atom stereocenters. The Bertz CT molecular complexity index is 1110. The van der Waals surface area contributed by atoms with Crippen LogP contribution in [-0.4, -0.2) is 47.2 Å². The van der Waals surface area contributed by atoms with E-state index in [1.54, 1.807) is 0 Å². The normalized spacial score (nSPS) is 16.9. The molecule has 1 aliphatic heterocycles. The summed E-state index contributed by atoms with van der Waals surface area (Å²) in [6, 6.07) is 15.9. The van der Waals surface area contributed by atoms with Crippen LogP contribution < -0.4 is 5.32 Å². The molecule has 5 rings (SSSR count). The number of hydrogen-bond acceptors (Lipinski definition) is 4. The Kier molecular flexibility index (Phi) is 5.12. The molecule has 152 valence electrons. The van der Waals surface area contributed by atoms with Crippen LogP contribution in [0.4, 0.5) is 10.6 Å². The van der Waals surface area contributed by atoms with Gasteiger partial charge in [-0.1, -0.05) is 41.3 Å². The van der Waals surface area contributed by atoms with Crippen molar-refractivity contribution < 1.29 is 9.32 Å². The molecule has 2 amide bonds. The average molecular weight is 400 g/mol. The number of piperazine rings is 1. The molecule has 0 spiro atoms. The average Bonchev–Trinajstić information content (AvgIpc) is 3.53. The maximum Gasteiger partial charge on any atom is 0.323 e. The number of rotatable bonds is 3. The van der Waals surface area contributed by atoms with Gasteiger partial charge in [-0.15, -0.1) is 0 Å². The van der Waals surface area contributed by atoms with E-state index < -0.39 is 0 Å². The van der Waals surface area contributed by atoms with Crippen LogP contribution in [0.5, 0.6) is 0 Å². The maximum absolute atomic E-state index is 12.7. The zero-order chi connectivity index (χ0) is 20.3. The highest BCUT2D eigenvalue weighted by Crippen LogP contribution is 2.27. The predicted octanol–water partition coefficient (Wildman–Crippen LogP) is 3.94. The van der Waals surface area contributed by atoms with Crippen molar-refractivity contribution in [3.63, 3.8) is 0 Å². The van der Waals surface area contributed by atoms with Gasteiger partial charge in [-0.25, -0.2) is 4.79 Å². The summed E-state index contributed by atoms with van der Waals surface area (Å²) in [6.45, 7) is 3.92. The lowest BCUT2D eigenvalue weighted by Gasteiger charge is -2.34. The molecule has 0 atom stereocenters. The van der Waals surface area contributed by atoms with Crippen LogP contribution in [0, 0.1) is 17.8 Å². The van der Waals surface area contributed by atoms with Crippen LogP contribution >= 0.6 is 0 Å². The van der Waals surface area contributed by atoms with E-state index in [-0.39, 0.29) is 6.03 Å². The van der Waals surface area contributed by atoms with E-state index in [1.165, 1.54) is 18.4 Å². The highest BCUT2D eigenvalue weighted by atomic mass is 16.5. The Hall–Kier alpha value is -3.30. The van der Waals surface area contributed by atoms with Gasteiger partial charge < -0.3 is 9.42 Å². The highest BCUT2D eigenvalue weighted by molar-refractivity contribution is 5.98. The fraction of sp³-hybridized carbons (Fsp3) is 0.333. The fourth-order valence-corrected chi connectivity index (χ4v) is 3.68. The molecule has 1 saturated carbocycles. The monoisotopic (exact) mass is 400 g/mol. The van der Waals surface area contributed by atoms with E-state index in [9.17, 15) is 4.79 Å². The van der Waals surface area contributed by atoms with Gasteiger partial charge in [0, 0.05) is 44.2 Å². The first-order valence-corrected chi connectivity index (χ1v) is 10.5. The van der Waals surface area contributed by atoms with Gasteiger partial charge in [0.05, 0.1) is 5.39 Å². The first-order chi connectivity index (χ1) is 14.7. The molecule has 2 fully saturated rings. The molecule has 3 aromatic rings. The molecule has 1 N–H and O–H groups in total. The van der Waals surface area contributed by atoms with E-state index in [0.717, 1.165) is 30.6 Å². The van der Waals surface area contributed by atoms with Crippen LogP contribution in [0.2, 0.25) is 0 Å². The predicted molar refractivity (Wildman–Crippen MR) is 116 cm³/mol. The van der Waals surface area contributed by atoms with Crippen LogP contribution in [0.15, 0.2) is 53.1 Å². The van der Waals surface area contributed by atoms with Gasteiger partial charge >= 0.3 is 6.03 Å². The van der Waals surface area contributed by atoms with Crippen molar-refractivity contribution in [1.29, 1.82) is 0 Å². The van der Waals surface area contributed by atoms with Crippen molar-refractivity contribution in [2.75, 3.05) is 31.5 Å².